The number of anilines is 2. The van der Waals surface area contributed by atoms with E-state index in [2.05, 4.69) is 121 Å². The minimum Gasteiger partial charge on any atom is -0.366 e. The highest BCUT2D eigenvalue weighted by Gasteiger charge is 2.27. The highest BCUT2D eigenvalue weighted by molar-refractivity contribution is 5.96. The number of nitrogens with zero attached hydrogens (tertiary/aromatic N) is 2. The highest BCUT2D eigenvalue weighted by Crippen LogP contribution is 2.40. The number of hydrogen-bond acceptors (Lipinski definition) is 4. The summed E-state index contributed by atoms with van der Waals surface area (Å²) in [5, 5.41) is 6.95. The molecule has 1 unspecified atom stereocenters. The summed E-state index contributed by atoms with van der Waals surface area (Å²) in [6.07, 6.45) is 7.43. The van der Waals surface area contributed by atoms with Crippen LogP contribution in [0, 0.1) is 0 Å². The molecular weight excluding hydrogens is 540 g/mol. The third-order valence-electron chi connectivity index (χ3n) is 9.08. The van der Waals surface area contributed by atoms with Gasteiger partial charge in [0.1, 0.15) is 5.82 Å². The van der Waals surface area contributed by atoms with E-state index in [4.69, 9.17) is 15.7 Å². The second-order valence-electron chi connectivity index (χ2n) is 12.0. The van der Waals surface area contributed by atoms with Crippen LogP contribution in [0.25, 0.3) is 44.2 Å². The number of benzene rings is 5. The molecule has 2 aliphatic carbocycles. The van der Waals surface area contributed by atoms with Gasteiger partial charge in [0.25, 0.3) is 0 Å². The molecule has 1 amide bonds. The van der Waals surface area contributed by atoms with Gasteiger partial charge in [-0.2, -0.15) is 0 Å². The quantitative estimate of drug-likeness (QED) is 0.218. The summed E-state index contributed by atoms with van der Waals surface area (Å²) in [5.41, 5.74) is 15.0. The molecule has 5 aromatic carbocycles. The average Bonchev–Trinajstić information content (AvgIpc) is 3.42. The second-order valence-corrected chi connectivity index (χ2v) is 12.0. The molecule has 5 heteroatoms. The van der Waals surface area contributed by atoms with Gasteiger partial charge in [0, 0.05) is 27.6 Å². The number of nitrogens with one attached hydrogen (secondary N) is 1. The topological polar surface area (TPSA) is 80.9 Å². The van der Waals surface area contributed by atoms with E-state index >= 15 is 0 Å². The van der Waals surface area contributed by atoms with Crippen LogP contribution < -0.4 is 11.1 Å². The van der Waals surface area contributed by atoms with Crippen LogP contribution in [0.2, 0.25) is 0 Å². The fraction of sp³-hybridized carbons (Fsp3) is 0.103. The SMILES string of the molecule is CC1(c2ccc3nc(-c4ccc5ccccc5c4)nc(Nc4ccc5c(c4)Cc4ccccc4-5)c3c2)C=CC(C(N)=O)=CC1. The Morgan fingerprint density at radius 3 is 2.48 bits per heavy atom. The number of nitrogens with two attached hydrogens (primary N) is 1. The van der Waals surface area contributed by atoms with Crippen molar-refractivity contribution in [2.75, 3.05) is 5.32 Å². The maximum atomic E-state index is 11.7. The van der Waals surface area contributed by atoms with Gasteiger partial charge in [0.2, 0.25) is 5.91 Å². The first-order chi connectivity index (χ1) is 21.4. The van der Waals surface area contributed by atoms with Gasteiger partial charge in [-0.1, -0.05) is 97.9 Å². The van der Waals surface area contributed by atoms with Crippen LogP contribution in [-0.2, 0) is 16.6 Å². The average molecular weight is 571 g/mol. The number of fused-ring (bicyclic) bond motifs is 5. The minimum atomic E-state index is -0.402. The number of carbonyl (C=O) groups is 1. The van der Waals surface area contributed by atoms with Crippen molar-refractivity contribution in [1.82, 2.24) is 9.97 Å². The third-order valence-corrected chi connectivity index (χ3v) is 9.08. The molecule has 0 aliphatic heterocycles. The normalized spacial score (nSPS) is 16.9. The Labute approximate surface area is 255 Å². The Balaban J connectivity index is 1.24. The predicted molar refractivity (Wildman–Crippen MR) is 179 cm³/mol. The second kappa shape index (κ2) is 10.0. The first kappa shape index (κ1) is 26.1. The lowest BCUT2D eigenvalue weighted by Gasteiger charge is -2.28. The van der Waals surface area contributed by atoms with Crippen molar-refractivity contribution in [2.24, 2.45) is 5.73 Å². The van der Waals surface area contributed by atoms with Crippen molar-refractivity contribution in [3.8, 4) is 22.5 Å². The molecule has 0 saturated heterocycles. The number of amides is 1. The van der Waals surface area contributed by atoms with E-state index in [1.165, 1.54) is 27.6 Å². The van der Waals surface area contributed by atoms with Crippen LogP contribution in [0.5, 0.6) is 0 Å². The molecule has 0 spiro atoms. The summed E-state index contributed by atoms with van der Waals surface area (Å²) < 4.78 is 0. The Hall–Kier alpha value is -5.55. The molecule has 2 aliphatic rings. The van der Waals surface area contributed by atoms with E-state index < -0.39 is 5.91 Å². The van der Waals surface area contributed by atoms with E-state index in [0.717, 1.165) is 45.3 Å². The number of primary amides is 1. The standard InChI is InChI=1S/C39H30N4O/c1-39(18-16-25(17-19-39)36(40)44)30-12-15-35-34(23-30)38(43-37(42-35)28-11-10-24-6-2-3-7-26(24)20-28)41-31-13-14-33-29(22-31)21-27-8-4-5-9-32(27)33/h2-18,20,22-23H,19,21H2,1H3,(H2,40,44)(H,41,42,43). The Bertz CT molecular complexity index is 2210. The number of hydrogen-bond donors (Lipinski definition) is 2. The highest BCUT2D eigenvalue weighted by atomic mass is 16.1. The predicted octanol–water partition coefficient (Wildman–Crippen LogP) is 8.39. The smallest absolute Gasteiger partial charge is 0.248 e. The largest absolute Gasteiger partial charge is 0.366 e. The molecule has 1 heterocycles. The van der Waals surface area contributed by atoms with Crippen molar-refractivity contribution in [3.63, 3.8) is 0 Å². The molecule has 0 fully saturated rings. The maximum Gasteiger partial charge on any atom is 0.248 e. The van der Waals surface area contributed by atoms with E-state index in [0.29, 0.717) is 17.8 Å². The summed E-state index contributed by atoms with van der Waals surface area (Å²) in [5.74, 6) is 1.03. The lowest BCUT2D eigenvalue weighted by atomic mass is 9.76. The zero-order valence-corrected chi connectivity index (χ0v) is 24.3. The third kappa shape index (κ3) is 4.45. The lowest BCUT2D eigenvalue weighted by Crippen LogP contribution is -2.23. The van der Waals surface area contributed by atoms with Crippen molar-refractivity contribution >= 4 is 39.1 Å². The van der Waals surface area contributed by atoms with E-state index in [1.807, 2.05) is 12.2 Å². The molecule has 0 radical (unpaired) electrons. The fourth-order valence-electron chi connectivity index (χ4n) is 6.52. The molecule has 0 bridgehead atoms. The van der Waals surface area contributed by atoms with Crippen molar-refractivity contribution in [1.29, 1.82) is 0 Å². The molecule has 0 saturated carbocycles. The van der Waals surface area contributed by atoms with Crippen LogP contribution in [0.15, 0.2) is 127 Å². The van der Waals surface area contributed by atoms with Gasteiger partial charge in [-0.05, 0) is 81.8 Å². The zero-order chi connectivity index (χ0) is 29.8. The lowest BCUT2D eigenvalue weighted by molar-refractivity contribution is -0.114. The summed E-state index contributed by atoms with van der Waals surface area (Å²) >= 11 is 0. The van der Waals surface area contributed by atoms with Gasteiger partial charge < -0.3 is 11.1 Å². The monoisotopic (exact) mass is 570 g/mol. The molecule has 1 aromatic heterocycles. The first-order valence-corrected chi connectivity index (χ1v) is 14.9. The van der Waals surface area contributed by atoms with Crippen LogP contribution >= 0.6 is 0 Å². The molecule has 6 aromatic rings. The Morgan fingerprint density at radius 1 is 0.818 bits per heavy atom. The summed E-state index contributed by atoms with van der Waals surface area (Å²) in [7, 11) is 0. The minimum absolute atomic E-state index is 0.291. The fourth-order valence-corrected chi connectivity index (χ4v) is 6.52. The number of allylic oxidation sites excluding steroid dienone is 2. The molecule has 5 nitrogen and oxygen atoms in total. The number of carbonyl (C=O) groups excluding carboxylic acids is 1. The van der Waals surface area contributed by atoms with Gasteiger partial charge in [-0.3, -0.25) is 4.79 Å². The summed E-state index contributed by atoms with van der Waals surface area (Å²) in [6.45, 7) is 2.18. The van der Waals surface area contributed by atoms with Gasteiger partial charge in [0.15, 0.2) is 5.82 Å². The first-order valence-electron chi connectivity index (χ1n) is 14.9. The number of aromatic nitrogens is 2. The van der Waals surface area contributed by atoms with Crippen LogP contribution in [0.4, 0.5) is 11.5 Å². The van der Waals surface area contributed by atoms with E-state index in [-0.39, 0.29) is 5.41 Å². The van der Waals surface area contributed by atoms with E-state index in [9.17, 15) is 4.79 Å². The molecule has 3 N–H and O–H groups in total. The molecule has 8 rings (SSSR count). The van der Waals surface area contributed by atoms with Crippen LogP contribution in [0.3, 0.4) is 0 Å². The van der Waals surface area contributed by atoms with Crippen LogP contribution in [-0.4, -0.2) is 15.9 Å². The van der Waals surface area contributed by atoms with Crippen LogP contribution in [0.1, 0.15) is 30.0 Å². The maximum absolute atomic E-state index is 11.7. The van der Waals surface area contributed by atoms with Gasteiger partial charge in [-0.25, -0.2) is 9.97 Å². The zero-order valence-electron chi connectivity index (χ0n) is 24.3. The molecule has 212 valence electrons. The van der Waals surface area contributed by atoms with Crippen molar-refractivity contribution < 1.29 is 4.79 Å². The van der Waals surface area contributed by atoms with Gasteiger partial charge in [0.05, 0.1) is 5.52 Å². The Kier molecular flexibility index (Phi) is 5.95. The molecule has 44 heavy (non-hydrogen) atoms. The molecule has 1 atom stereocenters. The van der Waals surface area contributed by atoms with Crippen molar-refractivity contribution in [3.05, 3.63) is 144 Å². The Morgan fingerprint density at radius 2 is 1.64 bits per heavy atom. The number of rotatable bonds is 5. The summed E-state index contributed by atoms with van der Waals surface area (Å²) in [4.78, 5) is 21.9. The van der Waals surface area contributed by atoms with Gasteiger partial charge in [-0.15, -0.1) is 0 Å². The summed E-state index contributed by atoms with van der Waals surface area (Å²) in [6, 6.07) is 36.3. The van der Waals surface area contributed by atoms with Crippen molar-refractivity contribution in [2.45, 2.75) is 25.2 Å². The molecular formula is C39H30N4O. The van der Waals surface area contributed by atoms with Gasteiger partial charge >= 0.3 is 0 Å². The van der Waals surface area contributed by atoms with E-state index in [1.54, 1.807) is 0 Å².